The van der Waals surface area contributed by atoms with Crippen LogP contribution in [0.25, 0.3) is 0 Å². The Hall–Kier alpha value is -2.78. The molecule has 0 aliphatic carbocycles. The number of aliphatic hydroxyl groups is 1. The lowest BCUT2D eigenvalue weighted by atomic mass is 9.66. The normalized spacial score (nSPS) is 29.2. The molecular weight excluding hydrogens is 526 g/mol. The molecule has 4 rings (SSSR count). The second kappa shape index (κ2) is 12.4. The average Bonchev–Trinajstić information content (AvgIpc) is 3.55. The monoisotopic (exact) mass is 569 g/mol. The van der Waals surface area contributed by atoms with Crippen LogP contribution in [0.2, 0.25) is 0 Å². The van der Waals surface area contributed by atoms with Crippen molar-refractivity contribution < 1.29 is 24.2 Å². The summed E-state index contributed by atoms with van der Waals surface area (Å²) < 4.78 is 4.79. The number of carbonyl (C=O) groups is 3. The van der Waals surface area contributed by atoms with Gasteiger partial charge in [-0.3, -0.25) is 14.4 Å². The van der Waals surface area contributed by atoms with Crippen molar-refractivity contribution in [1.29, 1.82) is 0 Å². The van der Waals surface area contributed by atoms with Crippen LogP contribution >= 0.6 is 11.8 Å². The van der Waals surface area contributed by atoms with Crippen molar-refractivity contribution in [3.05, 3.63) is 49.6 Å². The van der Waals surface area contributed by atoms with Gasteiger partial charge in [0.1, 0.15) is 6.04 Å². The lowest BCUT2D eigenvalue weighted by molar-refractivity contribution is -0.154. The van der Waals surface area contributed by atoms with E-state index in [1.165, 1.54) is 0 Å². The van der Waals surface area contributed by atoms with E-state index in [0.717, 1.165) is 30.9 Å². The highest BCUT2D eigenvalue weighted by molar-refractivity contribution is 8.02. The van der Waals surface area contributed by atoms with E-state index < -0.39 is 28.7 Å². The molecule has 1 N–H and O–H groups in total. The Bertz CT molecular complexity index is 1120. The number of fused-ring (bicyclic) bond motifs is 1. The van der Waals surface area contributed by atoms with Crippen LogP contribution in [0, 0.1) is 17.8 Å². The number of benzene rings is 1. The minimum absolute atomic E-state index is 0.0224. The van der Waals surface area contributed by atoms with Crippen molar-refractivity contribution in [1.82, 2.24) is 4.90 Å². The van der Waals surface area contributed by atoms with Gasteiger partial charge < -0.3 is 24.5 Å². The summed E-state index contributed by atoms with van der Waals surface area (Å²) in [5, 5.41) is 10.1. The Morgan fingerprint density at radius 1 is 1.20 bits per heavy atom. The van der Waals surface area contributed by atoms with Crippen molar-refractivity contribution in [2.45, 2.75) is 62.6 Å². The first kappa shape index (κ1) is 30.2. The van der Waals surface area contributed by atoms with Crippen molar-refractivity contribution in [3.63, 3.8) is 0 Å². The third-order valence-corrected chi connectivity index (χ3v) is 10.9. The summed E-state index contributed by atoms with van der Waals surface area (Å²) in [4.78, 5) is 47.6. The fraction of sp³-hybridized carbons (Fsp3) is 0.581. The van der Waals surface area contributed by atoms with Crippen LogP contribution in [0.5, 0.6) is 0 Å². The van der Waals surface area contributed by atoms with Crippen LogP contribution in [0.1, 0.15) is 40.5 Å². The van der Waals surface area contributed by atoms with Gasteiger partial charge >= 0.3 is 5.97 Å². The Balaban J connectivity index is 1.75. The highest BCUT2D eigenvalue weighted by Gasteiger charge is 2.77. The Labute approximate surface area is 242 Å². The van der Waals surface area contributed by atoms with Gasteiger partial charge in [-0.25, -0.2) is 0 Å². The van der Waals surface area contributed by atoms with E-state index in [1.807, 2.05) is 24.3 Å². The molecule has 3 aliphatic rings. The molecule has 9 heteroatoms. The maximum Gasteiger partial charge on any atom is 0.310 e. The first-order chi connectivity index (χ1) is 19.2. The van der Waals surface area contributed by atoms with Crippen LogP contribution in [-0.2, 0) is 19.1 Å². The number of nitrogens with zero attached hydrogens (tertiary/aromatic N) is 3. The SMILES string of the molecule is C=CCCOC(=O)[C@@H]1[C@H]2C(=O)N([C@H](C)CO)C(C(=O)N(CC=C)c3ccc(N(CC)CC)cc3)C23S[C@@H]1CC3C. The highest BCUT2D eigenvalue weighted by atomic mass is 32.2. The van der Waals surface area contributed by atoms with Gasteiger partial charge in [-0.2, -0.15) is 0 Å². The van der Waals surface area contributed by atoms with E-state index in [9.17, 15) is 19.5 Å². The number of rotatable bonds is 13. The molecule has 3 fully saturated rings. The fourth-order valence-corrected chi connectivity index (χ4v) is 9.33. The Kier molecular flexibility index (Phi) is 9.35. The van der Waals surface area contributed by atoms with Crippen LogP contribution < -0.4 is 9.80 Å². The van der Waals surface area contributed by atoms with Gasteiger partial charge in [-0.1, -0.05) is 19.1 Å². The lowest BCUT2D eigenvalue weighted by Gasteiger charge is -2.41. The molecule has 3 saturated heterocycles. The molecular formula is C31H43N3O5S. The summed E-state index contributed by atoms with van der Waals surface area (Å²) in [5.41, 5.74) is 1.79. The molecule has 1 aromatic rings. The van der Waals surface area contributed by atoms with Crippen molar-refractivity contribution >= 4 is 40.9 Å². The van der Waals surface area contributed by atoms with Gasteiger partial charge in [0.15, 0.2) is 0 Å². The minimum Gasteiger partial charge on any atom is -0.465 e. The van der Waals surface area contributed by atoms with Crippen LogP contribution in [-0.4, -0.2) is 82.7 Å². The van der Waals surface area contributed by atoms with Crippen LogP contribution in [0.4, 0.5) is 11.4 Å². The largest absolute Gasteiger partial charge is 0.465 e. The molecule has 7 atom stereocenters. The summed E-state index contributed by atoms with van der Waals surface area (Å²) in [6, 6.07) is 6.47. The number of aliphatic hydroxyl groups excluding tert-OH is 1. The first-order valence-electron chi connectivity index (χ1n) is 14.4. The predicted octanol–water partition coefficient (Wildman–Crippen LogP) is 3.89. The van der Waals surface area contributed by atoms with E-state index in [4.69, 9.17) is 4.74 Å². The molecule has 1 spiro atoms. The van der Waals surface area contributed by atoms with Gasteiger partial charge in [0.25, 0.3) is 5.91 Å². The topological polar surface area (TPSA) is 90.4 Å². The van der Waals surface area contributed by atoms with E-state index in [0.29, 0.717) is 6.42 Å². The summed E-state index contributed by atoms with van der Waals surface area (Å²) in [6.07, 6.45) is 4.63. The zero-order valence-corrected chi connectivity index (χ0v) is 24.9. The van der Waals surface area contributed by atoms with E-state index in [-0.39, 0.29) is 48.7 Å². The number of anilines is 2. The second-order valence-electron chi connectivity index (χ2n) is 11.0. The fourth-order valence-electron chi connectivity index (χ4n) is 6.94. The van der Waals surface area contributed by atoms with Gasteiger partial charge in [-0.15, -0.1) is 24.9 Å². The maximum absolute atomic E-state index is 14.7. The lowest BCUT2D eigenvalue weighted by Crippen LogP contribution is -2.59. The van der Waals surface area contributed by atoms with Gasteiger partial charge in [0, 0.05) is 36.3 Å². The number of carbonyl (C=O) groups excluding carboxylic acids is 3. The number of likely N-dealkylation sites (tertiary alicyclic amines) is 1. The van der Waals surface area contributed by atoms with E-state index in [2.05, 4.69) is 38.8 Å². The third-order valence-electron chi connectivity index (χ3n) is 8.86. The third kappa shape index (κ3) is 4.85. The second-order valence-corrected chi connectivity index (χ2v) is 12.5. The molecule has 0 saturated carbocycles. The maximum atomic E-state index is 14.7. The summed E-state index contributed by atoms with van der Waals surface area (Å²) >= 11 is 1.60. The molecule has 3 aliphatic heterocycles. The smallest absolute Gasteiger partial charge is 0.310 e. The van der Waals surface area contributed by atoms with E-state index >= 15 is 0 Å². The summed E-state index contributed by atoms with van der Waals surface area (Å²) in [7, 11) is 0. The number of amides is 2. The standard InChI is InChI=1S/C31H43N3O5S/c1-7-11-17-39-30(38)25-24-18-20(5)31(40-24)26(25)28(36)34(21(6)19-35)27(31)29(37)33(16-8-2)23-14-12-22(13-15-23)32(9-3)10-4/h7-8,12-15,20-21,24-27,35H,1-2,9-11,16-19H2,3-6H3/t20?,21-,24-,25+,26+,27?,31?/m1/s1. The molecule has 218 valence electrons. The number of hydrogen-bond donors (Lipinski definition) is 1. The molecule has 0 aromatic heterocycles. The van der Waals surface area contributed by atoms with E-state index in [1.54, 1.807) is 40.6 Å². The molecule has 3 heterocycles. The molecule has 40 heavy (non-hydrogen) atoms. The van der Waals surface area contributed by atoms with Gasteiger partial charge in [0.05, 0.1) is 35.8 Å². The molecule has 8 nitrogen and oxygen atoms in total. The van der Waals surface area contributed by atoms with Gasteiger partial charge in [0.2, 0.25) is 5.91 Å². The first-order valence-corrected chi connectivity index (χ1v) is 15.2. The van der Waals surface area contributed by atoms with Crippen molar-refractivity contribution in [2.24, 2.45) is 17.8 Å². The highest BCUT2D eigenvalue weighted by Crippen LogP contribution is 2.69. The molecule has 3 unspecified atom stereocenters. The molecule has 2 amide bonds. The average molecular weight is 570 g/mol. The molecule has 1 aromatic carbocycles. The molecule has 2 bridgehead atoms. The van der Waals surface area contributed by atoms with Gasteiger partial charge in [-0.05, 0) is 63.8 Å². The molecule has 0 radical (unpaired) electrons. The number of hydrogen-bond acceptors (Lipinski definition) is 7. The number of ether oxygens (including phenoxy) is 1. The quantitative estimate of drug-likeness (QED) is 0.219. The van der Waals surface area contributed by atoms with Crippen LogP contribution in [0.3, 0.4) is 0 Å². The Morgan fingerprint density at radius 3 is 2.42 bits per heavy atom. The van der Waals surface area contributed by atoms with Crippen LogP contribution in [0.15, 0.2) is 49.6 Å². The zero-order valence-electron chi connectivity index (χ0n) is 24.1. The summed E-state index contributed by atoms with van der Waals surface area (Å²) in [6.45, 7) is 17.6. The van der Waals surface area contributed by atoms with Crippen molar-refractivity contribution in [3.8, 4) is 0 Å². The number of thioether (sulfide) groups is 1. The number of esters is 1. The summed E-state index contributed by atoms with van der Waals surface area (Å²) in [5.74, 6) is -2.12. The Morgan fingerprint density at radius 2 is 1.85 bits per heavy atom. The minimum atomic E-state index is -0.828. The predicted molar refractivity (Wildman–Crippen MR) is 160 cm³/mol. The zero-order chi connectivity index (χ0) is 29.2. The van der Waals surface area contributed by atoms with Crippen molar-refractivity contribution in [2.75, 3.05) is 42.6 Å².